The lowest BCUT2D eigenvalue weighted by Crippen LogP contribution is -2.20. The molecule has 0 bridgehead atoms. The minimum Gasteiger partial charge on any atom is -0.383 e. The number of hydrogen-bond donors (Lipinski definition) is 1. The summed E-state index contributed by atoms with van der Waals surface area (Å²) >= 11 is 0. The van der Waals surface area contributed by atoms with Crippen LogP contribution >= 0.6 is 0 Å². The maximum absolute atomic E-state index is 5.78. The fraction of sp³-hybridized carbons (Fsp3) is 0.500. The lowest BCUT2D eigenvalue weighted by atomic mass is 9.83. The number of ether oxygens (including phenoxy) is 1. The Morgan fingerprint density at radius 2 is 2.10 bits per heavy atom. The van der Waals surface area contributed by atoms with Crippen molar-refractivity contribution in [2.45, 2.75) is 38.3 Å². The zero-order valence-electron chi connectivity index (χ0n) is 12.5. The van der Waals surface area contributed by atoms with E-state index < -0.39 is 0 Å². The van der Waals surface area contributed by atoms with Gasteiger partial charge in [-0.15, -0.1) is 10.2 Å². The van der Waals surface area contributed by atoms with Gasteiger partial charge in [0, 0.05) is 19.6 Å². The van der Waals surface area contributed by atoms with Gasteiger partial charge in [-0.25, -0.2) is 0 Å². The second kappa shape index (κ2) is 6.37. The first-order valence-corrected chi connectivity index (χ1v) is 7.51. The van der Waals surface area contributed by atoms with Crippen LogP contribution in [0.4, 0.5) is 0 Å². The molecule has 1 unspecified atom stereocenters. The number of aryl methyl sites for hydroxylation is 1. The van der Waals surface area contributed by atoms with E-state index >= 15 is 0 Å². The Labute approximate surface area is 125 Å². The molecule has 2 N–H and O–H groups in total. The summed E-state index contributed by atoms with van der Waals surface area (Å²) in [5.74, 6) is 2.33. The molecular weight excluding hydrogens is 264 g/mol. The zero-order valence-corrected chi connectivity index (χ0v) is 12.5. The Hall–Kier alpha value is -1.72. The Morgan fingerprint density at radius 3 is 2.86 bits per heavy atom. The van der Waals surface area contributed by atoms with Gasteiger partial charge in [0.05, 0.1) is 13.2 Å². The summed E-state index contributed by atoms with van der Waals surface area (Å²) in [6.45, 7) is 1.84. The molecule has 1 atom stereocenters. The summed E-state index contributed by atoms with van der Waals surface area (Å²) in [5, 5.41) is 8.67. The predicted molar refractivity (Wildman–Crippen MR) is 81.0 cm³/mol. The second-order valence-corrected chi connectivity index (χ2v) is 5.53. The summed E-state index contributed by atoms with van der Waals surface area (Å²) in [6.07, 6.45) is 3.26. The Morgan fingerprint density at radius 1 is 1.29 bits per heavy atom. The summed E-state index contributed by atoms with van der Waals surface area (Å²) in [6, 6.07) is 8.68. The van der Waals surface area contributed by atoms with Crippen LogP contribution in [0.1, 0.15) is 35.1 Å². The molecule has 0 fully saturated rings. The third-order valence-corrected chi connectivity index (χ3v) is 4.27. The monoisotopic (exact) mass is 286 g/mol. The highest BCUT2D eigenvalue weighted by molar-refractivity contribution is 5.31. The number of rotatable bonds is 5. The summed E-state index contributed by atoms with van der Waals surface area (Å²) < 4.78 is 7.34. The van der Waals surface area contributed by atoms with E-state index in [0.717, 1.165) is 37.5 Å². The lowest BCUT2D eigenvalue weighted by molar-refractivity contribution is 0.184. The molecular formula is C16H22N4O. The quantitative estimate of drug-likeness (QED) is 0.907. The molecule has 0 amide bonds. The molecule has 0 spiro atoms. The molecule has 1 heterocycles. The van der Waals surface area contributed by atoms with Crippen molar-refractivity contribution in [3.63, 3.8) is 0 Å². The van der Waals surface area contributed by atoms with Crippen molar-refractivity contribution in [2.75, 3.05) is 13.7 Å². The fourth-order valence-corrected chi connectivity index (χ4v) is 3.15. The van der Waals surface area contributed by atoms with Crippen molar-refractivity contribution in [1.29, 1.82) is 0 Å². The van der Waals surface area contributed by atoms with E-state index in [-0.39, 0.29) is 0 Å². The van der Waals surface area contributed by atoms with Gasteiger partial charge in [-0.3, -0.25) is 0 Å². The number of nitrogens with zero attached hydrogens (tertiary/aromatic N) is 3. The van der Waals surface area contributed by atoms with Crippen LogP contribution in [0, 0.1) is 0 Å². The normalized spacial score (nSPS) is 17.7. The molecule has 112 valence electrons. The molecule has 1 aliphatic rings. The van der Waals surface area contributed by atoms with Gasteiger partial charge in [-0.1, -0.05) is 24.3 Å². The number of benzene rings is 1. The first kappa shape index (κ1) is 14.2. The third-order valence-electron chi connectivity index (χ3n) is 4.27. The van der Waals surface area contributed by atoms with Crippen LogP contribution in [0.3, 0.4) is 0 Å². The van der Waals surface area contributed by atoms with Crippen molar-refractivity contribution in [3.8, 4) is 0 Å². The van der Waals surface area contributed by atoms with Crippen LogP contribution in [0.25, 0.3) is 0 Å². The molecule has 5 heteroatoms. The van der Waals surface area contributed by atoms with Crippen LogP contribution in [0.5, 0.6) is 0 Å². The number of aromatic nitrogens is 3. The molecule has 2 aromatic rings. The van der Waals surface area contributed by atoms with Gasteiger partial charge in [0.25, 0.3) is 0 Å². The average molecular weight is 286 g/mol. The van der Waals surface area contributed by atoms with Crippen LogP contribution in [-0.2, 0) is 30.7 Å². The third kappa shape index (κ3) is 2.84. The van der Waals surface area contributed by atoms with Gasteiger partial charge >= 0.3 is 0 Å². The van der Waals surface area contributed by atoms with E-state index in [0.29, 0.717) is 19.1 Å². The zero-order chi connectivity index (χ0) is 14.7. The number of fused-ring (bicyclic) bond motifs is 1. The van der Waals surface area contributed by atoms with E-state index in [4.69, 9.17) is 10.5 Å². The standard InChI is InChI=1S/C16H22N4O/c1-21-9-8-20-15(11-17)18-19-16(20)14-7-6-12-4-2-3-5-13(12)10-14/h2-5,14H,6-11,17H2,1H3. The molecule has 1 aliphatic carbocycles. The minimum absolute atomic E-state index is 0.417. The Kier molecular flexibility index (Phi) is 4.31. The number of hydrogen-bond acceptors (Lipinski definition) is 4. The van der Waals surface area contributed by atoms with Gasteiger partial charge in [0.2, 0.25) is 0 Å². The van der Waals surface area contributed by atoms with Gasteiger partial charge in [0.1, 0.15) is 11.6 Å². The molecule has 0 saturated carbocycles. The first-order valence-electron chi connectivity index (χ1n) is 7.51. The van der Waals surface area contributed by atoms with Crippen molar-refractivity contribution in [2.24, 2.45) is 5.73 Å². The van der Waals surface area contributed by atoms with Crippen molar-refractivity contribution in [1.82, 2.24) is 14.8 Å². The van der Waals surface area contributed by atoms with Crippen molar-refractivity contribution < 1.29 is 4.74 Å². The smallest absolute Gasteiger partial charge is 0.146 e. The van der Waals surface area contributed by atoms with Crippen molar-refractivity contribution in [3.05, 3.63) is 47.0 Å². The van der Waals surface area contributed by atoms with Crippen molar-refractivity contribution >= 4 is 0 Å². The summed E-state index contributed by atoms with van der Waals surface area (Å²) in [7, 11) is 1.71. The van der Waals surface area contributed by atoms with E-state index in [1.165, 1.54) is 11.1 Å². The minimum atomic E-state index is 0.417. The van der Waals surface area contributed by atoms with Gasteiger partial charge in [-0.2, -0.15) is 0 Å². The highest BCUT2D eigenvalue weighted by Crippen LogP contribution is 2.31. The molecule has 1 aromatic carbocycles. The SMILES string of the molecule is COCCn1c(CN)nnc1C1CCc2ccccc2C1. The van der Waals surface area contributed by atoms with Crippen LogP contribution in [0.15, 0.2) is 24.3 Å². The summed E-state index contributed by atoms with van der Waals surface area (Å²) in [4.78, 5) is 0. The van der Waals surface area contributed by atoms with E-state index in [1.54, 1.807) is 7.11 Å². The number of methoxy groups -OCH3 is 1. The average Bonchev–Trinajstić information content (AvgIpc) is 2.95. The van der Waals surface area contributed by atoms with E-state index in [1.807, 2.05) is 0 Å². The molecule has 0 saturated heterocycles. The highest BCUT2D eigenvalue weighted by atomic mass is 16.5. The van der Waals surface area contributed by atoms with Gasteiger partial charge < -0.3 is 15.0 Å². The fourth-order valence-electron chi connectivity index (χ4n) is 3.15. The van der Waals surface area contributed by atoms with Crippen LogP contribution < -0.4 is 5.73 Å². The van der Waals surface area contributed by atoms with E-state index in [9.17, 15) is 0 Å². The molecule has 0 aliphatic heterocycles. The van der Waals surface area contributed by atoms with Gasteiger partial charge in [0.15, 0.2) is 0 Å². The molecule has 0 radical (unpaired) electrons. The topological polar surface area (TPSA) is 66.0 Å². The second-order valence-electron chi connectivity index (χ2n) is 5.53. The molecule has 5 nitrogen and oxygen atoms in total. The first-order chi connectivity index (χ1) is 10.3. The lowest BCUT2D eigenvalue weighted by Gasteiger charge is -2.24. The highest BCUT2D eigenvalue weighted by Gasteiger charge is 2.25. The maximum Gasteiger partial charge on any atom is 0.146 e. The largest absolute Gasteiger partial charge is 0.383 e. The maximum atomic E-state index is 5.78. The Balaban J connectivity index is 1.86. The van der Waals surface area contributed by atoms with Crippen LogP contribution in [-0.4, -0.2) is 28.5 Å². The molecule has 21 heavy (non-hydrogen) atoms. The molecule has 3 rings (SSSR count). The number of nitrogens with two attached hydrogens (primary N) is 1. The van der Waals surface area contributed by atoms with Gasteiger partial charge in [-0.05, 0) is 30.4 Å². The molecule has 1 aromatic heterocycles. The van der Waals surface area contributed by atoms with Crippen LogP contribution in [0.2, 0.25) is 0 Å². The predicted octanol–water partition coefficient (Wildman–Crippen LogP) is 1.66. The summed E-state index contributed by atoms with van der Waals surface area (Å²) in [5.41, 5.74) is 8.68. The van der Waals surface area contributed by atoms with E-state index in [2.05, 4.69) is 39.0 Å². The Bertz CT molecular complexity index is 608.